The molecule has 2 N–H and O–H groups in total. The minimum atomic E-state index is -1.68. The Morgan fingerprint density at radius 3 is 1.80 bits per heavy atom. The van der Waals surface area contributed by atoms with E-state index in [0.29, 0.717) is 35.0 Å². The van der Waals surface area contributed by atoms with Gasteiger partial charge in [0.15, 0.2) is 0 Å². The number of nitrogens with zero attached hydrogens (tertiary/aromatic N) is 4. The molecule has 64 heavy (non-hydrogen) atoms. The van der Waals surface area contributed by atoms with Crippen LogP contribution in [0.25, 0.3) is 11.0 Å². The highest BCUT2D eigenvalue weighted by atomic mass is 35.5. The molecule has 1 aliphatic carbocycles. The molecule has 3 atom stereocenters. The summed E-state index contributed by atoms with van der Waals surface area (Å²) in [6, 6.07) is 21.5. The molecule has 7 rings (SSSR count). The van der Waals surface area contributed by atoms with Gasteiger partial charge in [-0.15, -0.1) is 0 Å². The van der Waals surface area contributed by atoms with Crippen molar-refractivity contribution in [2.45, 2.75) is 43.4 Å². The molecule has 1 saturated carbocycles. The molecule has 1 fully saturated rings. The molecule has 0 radical (unpaired) electrons. The average Bonchev–Trinajstić information content (AvgIpc) is 3.94. The first kappa shape index (κ1) is 44.9. The van der Waals surface area contributed by atoms with Crippen molar-refractivity contribution in [2.24, 2.45) is 0 Å². The molecule has 0 aliphatic heterocycles. The minimum absolute atomic E-state index is 0.0283. The summed E-state index contributed by atoms with van der Waals surface area (Å²) in [6.07, 6.45) is -0.358. The Morgan fingerprint density at radius 1 is 0.719 bits per heavy atom. The Labute approximate surface area is 368 Å². The molecule has 1 unspecified atom stereocenters. The van der Waals surface area contributed by atoms with Crippen LogP contribution in [0, 0.1) is 23.3 Å². The van der Waals surface area contributed by atoms with Crippen LogP contribution < -0.4 is 35.6 Å². The second-order valence-corrected chi connectivity index (χ2v) is 15.8. The van der Waals surface area contributed by atoms with Crippen molar-refractivity contribution in [1.82, 2.24) is 19.8 Å². The van der Waals surface area contributed by atoms with Gasteiger partial charge in [-0.05, 0) is 109 Å². The lowest BCUT2D eigenvalue weighted by molar-refractivity contribution is -0.128. The molecule has 332 valence electrons. The fourth-order valence-corrected chi connectivity index (χ4v) is 8.00. The summed E-state index contributed by atoms with van der Waals surface area (Å²) in [5.41, 5.74) is -1.16. The maximum absolute atomic E-state index is 14.4. The third kappa shape index (κ3) is 9.44. The number of anilines is 2. The van der Waals surface area contributed by atoms with E-state index in [0.717, 1.165) is 33.4 Å². The van der Waals surface area contributed by atoms with Crippen LogP contribution >= 0.6 is 11.6 Å². The quantitative estimate of drug-likeness (QED) is 0.118. The number of nitrogens with one attached hydrogen (secondary N) is 2. The van der Waals surface area contributed by atoms with Gasteiger partial charge in [-0.25, -0.2) is 22.4 Å². The number of hydrogen-bond donors (Lipinski definition) is 2. The standard InChI is InChI=1S/C46H41ClF4N6O7/c1-54(33-6-10-35(63-3)11-7-33)43(60)38(17-26-15-29(48)21-30(49)16-26)52-41(58)24-56-39-14-5-28(47)20-40(39)57(45(56)62)25-42(59)53-46(23-37(46)27-18-31(50)22-32(51)19-27)44(61)55(2)34-8-12-36(64-4)13-9-34/h5-16,18-22,37-38H,17,23-25H2,1-4H3,(H,52,58)(H,53,59)/t37?,38-,46+/m0/s1. The van der Waals surface area contributed by atoms with Crippen LogP contribution in [-0.4, -0.2) is 72.7 Å². The Balaban J connectivity index is 1.16. The fraction of sp³-hybridized carbons (Fsp3) is 0.239. The van der Waals surface area contributed by atoms with E-state index >= 15 is 0 Å². The molecule has 13 nitrogen and oxygen atoms in total. The maximum Gasteiger partial charge on any atom is 0.330 e. The van der Waals surface area contributed by atoms with Gasteiger partial charge in [-0.3, -0.25) is 28.3 Å². The number of carbonyl (C=O) groups excluding carboxylic acids is 4. The summed E-state index contributed by atoms with van der Waals surface area (Å²) in [5, 5.41) is 5.54. The average molecular weight is 901 g/mol. The zero-order chi connectivity index (χ0) is 46.0. The molecule has 1 aromatic heterocycles. The lowest BCUT2D eigenvalue weighted by Crippen LogP contribution is -2.52. The first-order chi connectivity index (χ1) is 30.5. The third-order valence-electron chi connectivity index (χ3n) is 11.1. The molecule has 1 aliphatic rings. The van der Waals surface area contributed by atoms with Crippen molar-refractivity contribution in [3.63, 3.8) is 0 Å². The fourth-order valence-electron chi connectivity index (χ4n) is 7.84. The summed E-state index contributed by atoms with van der Waals surface area (Å²) in [7, 11) is 5.90. The largest absolute Gasteiger partial charge is 0.497 e. The number of benzene rings is 5. The summed E-state index contributed by atoms with van der Waals surface area (Å²) in [4.78, 5) is 72.9. The Kier molecular flexibility index (Phi) is 12.8. The van der Waals surface area contributed by atoms with Crippen molar-refractivity contribution in [2.75, 3.05) is 38.1 Å². The zero-order valence-electron chi connectivity index (χ0n) is 34.8. The highest BCUT2D eigenvalue weighted by molar-refractivity contribution is 6.31. The Morgan fingerprint density at radius 2 is 1.23 bits per heavy atom. The molecule has 0 bridgehead atoms. The molecular weight excluding hydrogens is 860 g/mol. The van der Waals surface area contributed by atoms with E-state index < -0.39 is 83.2 Å². The van der Waals surface area contributed by atoms with Crippen LogP contribution in [0.4, 0.5) is 28.9 Å². The van der Waals surface area contributed by atoms with E-state index in [-0.39, 0.29) is 40.0 Å². The molecular formula is C46H41ClF4N6O7. The summed E-state index contributed by atoms with van der Waals surface area (Å²) >= 11 is 6.35. The molecule has 6 aromatic rings. The second kappa shape index (κ2) is 18.3. The lowest BCUT2D eigenvalue weighted by atomic mass is 10.0. The van der Waals surface area contributed by atoms with Crippen molar-refractivity contribution in [1.29, 1.82) is 0 Å². The number of imidazole rings is 1. The van der Waals surface area contributed by atoms with Gasteiger partial charge in [0.25, 0.3) is 5.91 Å². The van der Waals surface area contributed by atoms with Crippen LogP contribution in [-0.2, 0) is 38.7 Å². The van der Waals surface area contributed by atoms with Crippen LogP contribution in [0.2, 0.25) is 5.02 Å². The smallest absolute Gasteiger partial charge is 0.330 e. The normalized spacial score (nSPS) is 15.9. The molecule has 18 heteroatoms. The first-order valence-electron chi connectivity index (χ1n) is 19.7. The molecule has 4 amide bonds. The number of carbonyl (C=O) groups is 4. The van der Waals surface area contributed by atoms with E-state index in [9.17, 15) is 41.5 Å². The molecule has 0 saturated heterocycles. The van der Waals surface area contributed by atoms with Crippen LogP contribution in [0.15, 0.2) is 108 Å². The Bertz CT molecular complexity index is 2800. The van der Waals surface area contributed by atoms with Crippen molar-refractivity contribution < 1.29 is 46.2 Å². The van der Waals surface area contributed by atoms with Crippen LogP contribution in [0.3, 0.4) is 0 Å². The van der Waals surface area contributed by atoms with Gasteiger partial charge in [0.05, 0.1) is 25.3 Å². The molecule has 0 spiro atoms. The van der Waals surface area contributed by atoms with E-state index in [1.54, 1.807) is 48.5 Å². The molecule has 5 aromatic carbocycles. The van der Waals surface area contributed by atoms with E-state index in [2.05, 4.69) is 10.6 Å². The summed E-state index contributed by atoms with van der Waals surface area (Å²) in [5.74, 6) is -6.24. The Hall–Kier alpha value is -7.14. The number of hydrogen-bond acceptors (Lipinski definition) is 7. The SMILES string of the molecule is COc1ccc(N(C)C(=O)[C@H](Cc2cc(F)cc(F)c2)NC(=O)Cn2c(=O)n(CC(=O)N[C@]3(C(=O)N(C)c4ccc(OC)cc4)CC3c3cc(F)cc(F)c3)c3cc(Cl)ccc32)cc1. The maximum atomic E-state index is 14.4. The predicted octanol–water partition coefficient (Wildman–Crippen LogP) is 6.13. The number of halogens is 5. The number of amides is 4. The molecule has 1 heterocycles. The first-order valence-corrected chi connectivity index (χ1v) is 20.1. The number of aromatic nitrogens is 2. The van der Waals surface area contributed by atoms with Gasteiger partial charge in [-0.1, -0.05) is 11.6 Å². The van der Waals surface area contributed by atoms with Crippen molar-refractivity contribution in [3.8, 4) is 11.5 Å². The van der Waals surface area contributed by atoms with Crippen molar-refractivity contribution in [3.05, 3.63) is 153 Å². The number of ether oxygens (including phenoxy) is 2. The summed E-state index contributed by atoms with van der Waals surface area (Å²) < 4.78 is 69.9. The monoisotopic (exact) mass is 900 g/mol. The van der Waals surface area contributed by atoms with Gasteiger partial charge in [0, 0.05) is 55.0 Å². The highest BCUT2D eigenvalue weighted by Gasteiger charge is 2.63. The topological polar surface area (TPSA) is 144 Å². The number of fused-ring (bicyclic) bond motifs is 1. The number of likely N-dealkylation sites (N-methyl/N-ethyl adjacent to an activating group) is 2. The highest BCUT2D eigenvalue weighted by Crippen LogP contribution is 2.53. The lowest BCUT2D eigenvalue weighted by Gasteiger charge is -2.26. The van der Waals surface area contributed by atoms with Crippen LogP contribution in [0.5, 0.6) is 11.5 Å². The van der Waals surface area contributed by atoms with Gasteiger partial charge >= 0.3 is 5.69 Å². The van der Waals surface area contributed by atoms with Gasteiger partial charge in [0.1, 0.15) is 59.4 Å². The third-order valence-corrected chi connectivity index (χ3v) is 11.4. The second-order valence-electron chi connectivity index (χ2n) is 15.3. The predicted molar refractivity (Wildman–Crippen MR) is 231 cm³/mol. The zero-order valence-corrected chi connectivity index (χ0v) is 35.6. The van der Waals surface area contributed by atoms with E-state index in [1.807, 2.05) is 0 Å². The van der Waals surface area contributed by atoms with Crippen LogP contribution in [0.1, 0.15) is 23.5 Å². The summed E-state index contributed by atoms with van der Waals surface area (Å²) in [6.45, 7) is -1.36. The minimum Gasteiger partial charge on any atom is -0.497 e. The van der Waals surface area contributed by atoms with Gasteiger partial charge in [0.2, 0.25) is 17.7 Å². The van der Waals surface area contributed by atoms with Gasteiger partial charge in [-0.2, -0.15) is 0 Å². The number of rotatable bonds is 15. The van der Waals surface area contributed by atoms with Crippen molar-refractivity contribution >= 4 is 57.6 Å². The van der Waals surface area contributed by atoms with Gasteiger partial charge < -0.3 is 29.9 Å². The van der Waals surface area contributed by atoms with E-state index in [4.69, 9.17) is 21.1 Å². The number of methoxy groups -OCH3 is 2. The van der Waals surface area contributed by atoms with E-state index in [1.165, 1.54) is 56.3 Å².